The normalized spacial score (nSPS) is 15.2. The summed E-state index contributed by atoms with van der Waals surface area (Å²) in [4.78, 5) is 38.6. The highest BCUT2D eigenvalue weighted by Crippen LogP contribution is 2.25. The fourth-order valence-corrected chi connectivity index (χ4v) is 4.56. The molecule has 9 nitrogen and oxygen atoms in total. The molecule has 0 aliphatic carbocycles. The molecule has 36 heavy (non-hydrogen) atoms. The van der Waals surface area contributed by atoms with E-state index in [-0.39, 0.29) is 42.4 Å². The van der Waals surface area contributed by atoms with Crippen LogP contribution in [0, 0.1) is 12.7 Å². The summed E-state index contributed by atoms with van der Waals surface area (Å²) < 4.78 is 75.0. The number of rotatable bonds is 4. The third-order valence-electron chi connectivity index (χ3n) is 5.34. The predicted octanol–water partition coefficient (Wildman–Crippen LogP) is 2.31. The minimum atomic E-state index is -5.17. The first kappa shape index (κ1) is 26.9. The first-order valence-electron chi connectivity index (χ1n) is 10.6. The van der Waals surface area contributed by atoms with Crippen LogP contribution in [-0.4, -0.2) is 61.9 Å². The molecule has 0 atom stereocenters. The Morgan fingerprint density at radius 1 is 1.00 bits per heavy atom. The minimum absolute atomic E-state index is 0.0317. The SMILES string of the molecule is Cc1ccc(N(Cc2ccc(C(=O)NNC(=O)C(F)(F)F)cc2)C(=O)N2CCS(=O)(=O)CC2)c(F)c1. The molecule has 1 saturated heterocycles. The second-order valence-corrected chi connectivity index (χ2v) is 10.4. The summed E-state index contributed by atoms with van der Waals surface area (Å²) in [7, 11) is -3.26. The summed E-state index contributed by atoms with van der Waals surface area (Å²) in [6.45, 7) is 1.44. The maximum absolute atomic E-state index is 14.8. The van der Waals surface area contributed by atoms with E-state index in [0.717, 1.165) is 4.90 Å². The quantitative estimate of drug-likeness (QED) is 0.465. The highest BCUT2D eigenvalue weighted by molar-refractivity contribution is 7.91. The van der Waals surface area contributed by atoms with E-state index in [0.29, 0.717) is 11.1 Å². The summed E-state index contributed by atoms with van der Waals surface area (Å²) in [6.07, 6.45) is -5.17. The number of alkyl halides is 3. The van der Waals surface area contributed by atoms with Crippen molar-refractivity contribution in [3.05, 3.63) is 65.0 Å². The van der Waals surface area contributed by atoms with Gasteiger partial charge in [-0.2, -0.15) is 13.2 Å². The molecule has 1 heterocycles. The van der Waals surface area contributed by atoms with Gasteiger partial charge in [0.25, 0.3) is 5.91 Å². The lowest BCUT2D eigenvalue weighted by Crippen LogP contribution is -2.50. The number of amides is 4. The topological polar surface area (TPSA) is 116 Å². The summed E-state index contributed by atoms with van der Waals surface area (Å²) in [5, 5.41) is 0. The van der Waals surface area contributed by atoms with Gasteiger partial charge in [0, 0.05) is 18.7 Å². The maximum Gasteiger partial charge on any atom is 0.472 e. The second kappa shape index (κ2) is 10.5. The average Bonchev–Trinajstić information content (AvgIpc) is 2.80. The van der Waals surface area contributed by atoms with Crippen LogP contribution in [0.15, 0.2) is 42.5 Å². The van der Waals surface area contributed by atoms with Crippen LogP contribution < -0.4 is 15.8 Å². The summed E-state index contributed by atoms with van der Waals surface area (Å²) in [5.41, 5.74) is 3.85. The van der Waals surface area contributed by atoms with Crippen molar-refractivity contribution < 1.29 is 40.4 Å². The number of hydrogen-bond donors (Lipinski definition) is 2. The molecule has 2 aromatic carbocycles. The minimum Gasteiger partial charge on any atom is -0.322 e. The van der Waals surface area contributed by atoms with E-state index in [2.05, 4.69) is 0 Å². The second-order valence-electron chi connectivity index (χ2n) is 8.07. The Hall–Kier alpha value is -3.68. The van der Waals surface area contributed by atoms with E-state index in [1.165, 1.54) is 46.7 Å². The molecular formula is C22H22F4N4O5S. The molecule has 0 spiro atoms. The summed E-state index contributed by atoms with van der Waals surface area (Å²) >= 11 is 0. The van der Waals surface area contributed by atoms with Crippen molar-refractivity contribution in [2.24, 2.45) is 0 Å². The average molecular weight is 531 g/mol. The number of hydrogen-bond acceptors (Lipinski definition) is 5. The molecule has 0 bridgehead atoms. The van der Waals surface area contributed by atoms with Crippen LogP contribution in [0.2, 0.25) is 0 Å². The van der Waals surface area contributed by atoms with Gasteiger partial charge < -0.3 is 4.90 Å². The molecular weight excluding hydrogens is 508 g/mol. The third kappa shape index (κ3) is 6.71. The predicted molar refractivity (Wildman–Crippen MR) is 121 cm³/mol. The Labute approximate surface area is 203 Å². The molecule has 0 aromatic heterocycles. The Kier molecular flexibility index (Phi) is 7.86. The van der Waals surface area contributed by atoms with Crippen molar-refractivity contribution in [2.75, 3.05) is 29.5 Å². The van der Waals surface area contributed by atoms with Gasteiger partial charge in [-0.3, -0.25) is 25.3 Å². The van der Waals surface area contributed by atoms with E-state index in [1.807, 2.05) is 0 Å². The van der Waals surface area contributed by atoms with Crippen molar-refractivity contribution in [2.45, 2.75) is 19.6 Å². The number of benzene rings is 2. The Morgan fingerprint density at radius 3 is 2.17 bits per heavy atom. The number of urea groups is 1. The standard InChI is InChI=1S/C22H22F4N4O5S/c1-14-2-7-18(17(23)12-14)30(21(33)29-8-10-36(34,35)11-9-29)13-15-3-5-16(6-4-15)19(31)27-28-20(32)22(24,25)26/h2-7,12H,8-11,13H2,1H3,(H,27,31)(H,28,32). The summed E-state index contributed by atoms with van der Waals surface area (Å²) in [6, 6.07) is 9.01. The van der Waals surface area contributed by atoms with Crippen molar-refractivity contribution in [1.82, 2.24) is 15.8 Å². The maximum atomic E-state index is 14.8. The van der Waals surface area contributed by atoms with Crippen LogP contribution in [0.1, 0.15) is 21.5 Å². The zero-order valence-corrected chi connectivity index (χ0v) is 19.7. The number of halogens is 4. The zero-order valence-electron chi connectivity index (χ0n) is 18.9. The van der Waals surface area contributed by atoms with Gasteiger partial charge in [0.2, 0.25) is 0 Å². The van der Waals surface area contributed by atoms with Crippen molar-refractivity contribution in [3.63, 3.8) is 0 Å². The number of aryl methyl sites for hydroxylation is 1. The van der Waals surface area contributed by atoms with Gasteiger partial charge in [-0.05, 0) is 42.3 Å². The molecule has 3 rings (SSSR count). The first-order chi connectivity index (χ1) is 16.8. The van der Waals surface area contributed by atoms with E-state index < -0.39 is 39.7 Å². The van der Waals surface area contributed by atoms with Crippen LogP contribution in [0.5, 0.6) is 0 Å². The molecule has 0 unspecified atom stereocenters. The number of hydrazine groups is 1. The number of carbonyl (C=O) groups excluding carboxylic acids is 3. The highest BCUT2D eigenvalue weighted by atomic mass is 32.2. The zero-order chi connectivity index (χ0) is 26.7. The van der Waals surface area contributed by atoms with E-state index in [1.54, 1.807) is 18.4 Å². The van der Waals surface area contributed by atoms with Crippen LogP contribution in [-0.2, 0) is 21.2 Å². The number of anilines is 1. The number of sulfone groups is 1. The van der Waals surface area contributed by atoms with Gasteiger partial charge in [0.15, 0.2) is 9.84 Å². The Balaban J connectivity index is 1.78. The number of carbonyl (C=O) groups is 3. The molecule has 2 aromatic rings. The molecule has 1 fully saturated rings. The van der Waals surface area contributed by atoms with Crippen LogP contribution >= 0.6 is 0 Å². The molecule has 1 aliphatic rings. The summed E-state index contributed by atoms with van der Waals surface area (Å²) in [5.74, 6) is -4.43. The highest BCUT2D eigenvalue weighted by Gasteiger charge is 2.39. The van der Waals surface area contributed by atoms with E-state index >= 15 is 0 Å². The van der Waals surface area contributed by atoms with Gasteiger partial charge in [-0.15, -0.1) is 0 Å². The Morgan fingerprint density at radius 2 is 1.61 bits per heavy atom. The van der Waals surface area contributed by atoms with Gasteiger partial charge >= 0.3 is 18.1 Å². The number of nitrogens with zero attached hydrogens (tertiary/aromatic N) is 2. The van der Waals surface area contributed by atoms with Gasteiger partial charge in [-0.1, -0.05) is 18.2 Å². The molecule has 4 amide bonds. The largest absolute Gasteiger partial charge is 0.472 e. The van der Waals surface area contributed by atoms with E-state index in [9.17, 15) is 40.4 Å². The van der Waals surface area contributed by atoms with Gasteiger partial charge in [0.1, 0.15) is 5.82 Å². The lowest BCUT2D eigenvalue weighted by Gasteiger charge is -2.33. The fraction of sp³-hybridized carbons (Fsp3) is 0.318. The first-order valence-corrected chi connectivity index (χ1v) is 12.4. The third-order valence-corrected chi connectivity index (χ3v) is 6.95. The van der Waals surface area contributed by atoms with Gasteiger partial charge in [-0.25, -0.2) is 17.6 Å². The van der Waals surface area contributed by atoms with Crippen molar-refractivity contribution >= 4 is 33.4 Å². The molecule has 194 valence electrons. The lowest BCUT2D eigenvalue weighted by atomic mass is 10.1. The van der Waals surface area contributed by atoms with Crippen LogP contribution in [0.4, 0.5) is 28.0 Å². The van der Waals surface area contributed by atoms with E-state index in [4.69, 9.17) is 0 Å². The Bertz CT molecular complexity index is 1250. The van der Waals surface area contributed by atoms with Crippen molar-refractivity contribution in [1.29, 1.82) is 0 Å². The molecule has 14 heteroatoms. The number of nitrogens with one attached hydrogen (secondary N) is 2. The molecule has 0 saturated carbocycles. The van der Waals surface area contributed by atoms with Gasteiger partial charge in [0.05, 0.1) is 23.7 Å². The van der Waals surface area contributed by atoms with Crippen LogP contribution in [0.25, 0.3) is 0 Å². The lowest BCUT2D eigenvalue weighted by molar-refractivity contribution is -0.174. The fourth-order valence-electron chi connectivity index (χ4n) is 3.36. The monoisotopic (exact) mass is 530 g/mol. The van der Waals surface area contributed by atoms with Crippen molar-refractivity contribution in [3.8, 4) is 0 Å². The smallest absolute Gasteiger partial charge is 0.322 e. The van der Waals surface area contributed by atoms with Crippen LogP contribution in [0.3, 0.4) is 0 Å². The molecule has 2 N–H and O–H groups in total. The molecule has 0 radical (unpaired) electrons. The molecule has 1 aliphatic heterocycles.